The number of hydrogen-bond acceptors (Lipinski definition) is 5. The maximum absolute atomic E-state index is 11.0. The Morgan fingerprint density at radius 3 is 2.56 bits per heavy atom. The van der Waals surface area contributed by atoms with Crippen LogP contribution in [-0.4, -0.2) is 33.3 Å². The van der Waals surface area contributed by atoms with E-state index in [-0.39, 0.29) is 23.5 Å². The van der Waals surface area contributed by atoms with Gasteiger partial charge in [-0.2, -0.15) is 0 Å². The van der Waals surface area contributed by atoms with Crippen LogP contribution >= 0.6 is 0 Å². The summed E-state index contributed by atoms with van der Waals surface area (Å²) < 4.78 is 0. The van der Waals surface area contributed by atoms with Gasteiger partial charge in [0.2, 0.25) is 0 Å². The van der Waals surface area contributed by atoms with Crippen molar-refractivity contribution in [2.45, 2.75) is 19.4 Å². The van der Waals surface area contributed by atoms with Crippen LogP contribution in [0, 0.1) is 10.1 Å². The molecular formula is C11H14N2O5. The molecule has 1 rings (SSSR count). The highest BCUT2D eigenvalue weighted by atomic mass is 16.6. The van der Waals surface area contributed by atoms with Gasteiger partial charge in [-0.15, -0.1) is 0 Å². The molecule has 0 radical (unpaired) electrons. The first kappa shape index (κ1) is 13.9. The Hall–Kier alpha value is -2.15. The predicted octanol–water partition coefficient (Wildman–Crippen LogP) is 1.48. The minimum atomic E-state index is -1.19. The molecule has 0 saturated heterocycles. The molecular weight excluding hydrogens is 240 g/mol. The quantitative estimate of drug-likeness (QED) is 0.541. The summed E-state index contributed by atoms with van der Waals surface area (Å²) in [6, 6.07) is 3.42. The van der Waals surface area contributed by atoms with Crippen LogP contribution in [0.4, 0.5) is 11.4 Å². The van der Waals surface area contributed by atoms with Gasteiger partial charge in [-0.3, -0.25) is 10.1 Å². The number of anilines is 1. The van der Waals surface area contributed by atoms with Crippen LogP contribution in [0.5, 0.6) is 0 Å². The Labute approximate surface area is 103 Å². The number of nitrogens with zero attached hydrogens (tertiary/aromatic N) is 1. The van der Waals surface area contributed by atoms with Crippen molar-refractivity contribution >= 4 is 17.3 Å². The molecule has 0 aliphatic carbocycles. The van der Waals surface area contributed by atoms with Crippen molar-refractivity contribution in [1.82, 2.24) is 0 Å². The van der Waals surface area contributed by atoms with Gasteiger partial charge in [-0.05, 0) is 19.9 Å². The van der Waals surface area contributed by atoms with E-state index in [2.05, 4.69) is 5.32 Å². The second-order valence-electron chi connectivity index (χ2n) is 4.46. The standard InChI is InChI=1S/C11H14N2O5/c1-11(2,16)6-12-9-5-7(13(17)18)3-4-8(9)10(14)15/h3-5,12,16H,6H2,1-2H3,(H,14,15). The maximum atomic E-state index is 11.0. The fourth-order valence-electron chi connectivity index (χ4n) is 1.29. The molecule has 7 heteroatoms. The molecule has 0 aromatic heterocycles. The molecule has 18 heavy (non-hydrogen) atoms. The second kappa shape index (κ2) is 5.01. The van der Waals surface area contributed by atoms with Gasteiger partial charge < -0.3 is 15.5 Å². The van der Waals surface area contributed by atoms with Crippen LogP contribution < -0.4 is 5.32 Å². The highest BCUT2D eigenvalue weighted by Gasteiger charge is 2.18. The van der Waals surface area contributed by atoms with Crippen molar-refractivity contribution in [1.29, 1.82) is 0 Å². The van der Waals surface area contributed by atoms with E-state index in [0.717, 1.165) is 18.2 Å². The monoisotopic (exact) mass is 254 g/mol. The Balaban J connectivity index is 3.08. The maximum Gasteiger partial charge on any atom is 0.337 e. The van der Waals surface area contributed by atoms with E-state index in [1.165, 1.54) is 13.8 Å². The predicted molar refractivity (Wildman–Crippen MR) is 64.8 cm³/mol. The van der Waals surface area contributed by atoms with E-state index in [1.54, 1.807) is 0 Å². The lowest BCUT2D eigenvalue weighted by atomic mass is 10.1. The molecule has 3 N–H and O–H groups in total. The molecule has 0 spiro atoms. The lowest BCUT2D eigenvalue weighted by molar-refractivity contribution is -0.384. The topological polar surface area (TPSA) is 113 Å². The lowest BCUT2D eigenvalue weighted by Gasteiger charge is -2.19. The summed E-state index contributed by atoms with van der Waals surface area (Å²) in [5.74, 6) is -1.19. The summed E-state index contributed by atoms with van der Waals surface area (Å²) in [5, 5.41) is 31.8. The molecule has 0 heterocycles. The van der Waals surface area contributed by atoms with Gasteiger partial charge in [0.15, 0.2) is 0 Å². The molecule has 7 nitrogen and oxygen atoms in total. The average molecular weight is 254 g/mol. The average Bonchev–Trinajstić information content (AvgIpc) is 2.24. The number of nitro benzene ring substituents is 1. The smallest absolute Gasteiger partial charge is 0.337 e. The van der Waals surface area contributed by atoms with Gasteiger partial charge in [0.25, 0.3) is 5.69 Å². The van der Waals surface area contributed by atoms with E-state index >= 15 is 0 Å². The van der Waals surface area contributed by atoms with Crippen LogP contribution in [0.3, 0.4) is 0 Å². The fraction of sp³-hybridized carbons (Fsp3) is 0.364. The zero-order valence-corrected chi connectivity index (χ0v) is 10.0. The Morgan fingerprint density at radius 1 is 1.50 bits per heavy atom. The van der Waals surface area contributed by atoms with Gasteiger partial charge >= 0.3 is 5.97 Å². The number of carboxylic acid groups (broad SMARTS) is 1. The zero-order valence-electron chi connectivity index (χ0n) is 10.0. The van der Waals surface area contributed by atoms with E-state index in [4.69, 9.17) is 5.11 Å². The number of aromatic carboxylic acids is 1. The number of carbonyl (C=O) groups is 1. The highest BCUT2D eigenvalue weighted by Crippen LogP contribution is 2.23. The Kier molecular flexibility index (Phi) is 3.87. The SMILES string of the molecule is CC(C)(O)CNc1cc([N+](=O)[O-])ccc1C(=O)O. The van der Waals surface area contributed by atoms with Gasteiger partial charge in [-0.1, -0.05) is 0 Å². The minimum absolute atomic E-state index is 0.0778. The first-order valence-corrected chi connectivity index (χ1v) is 5.19. The molecule has 1 aromatic carbocycles. The van der Waals surface area contributed by atoms with Crippen molar-refractivity contribution in [2.24, 2.45) is 0 Å². The first-order valence-electron chi connectivity index (χ1n) is 5.19. The van der Waals surface area contributed by atoms with Crippen LogP contribution in [0.1, 0.15) is 24.2 Å². The normalized spacial score (nSPS) is 11.1. The number of benzene rings is 1. The molecule has 0 bridgehead atoms. The van der Waals surface area contributed by atoms with Crippen LogP contribution in [0.15, 0.2) is 18.2 Å². The largest absolute Gasteiger partial charge is 0.478 e. The lowest BCUT2D eigenvalue weighted by Crippen LogP contribution is -2.29. The molecule has 0 fully saturated rings. The first-order chi connectivity index (χ1) is 8.20. The van der Waals surface area contributed by atoms with Gasteiger partial charge in [0, 0.05) is 18.7 Å². The summed E-state index contributed by atoms with van der Waals surface area (Å²) in [6.45, 7) is 3.16. The van der Waals surface area contributed by atoms with E-state index in [1.807, 2.05) is 0 Å². The fourth-order valence-corrected chi connectivity index (χ4v) is 1.29. The highest BCUT2D eigenvalue weighted by molar-refractivity contribution is 5.94. The Bertz CT molecular complexity index is 479. The minimum Gasteiger partial charge on any atom is -0.478 e. The molecule has 1 aromatic rings. The summed E-state index contributed by atoms with van der Waals surface area (Å²) in [5.41, 5.74) is -1.23. The molecule has 0 atom stereocenters. The van der Waals surface area contributed by atoms with Gasteiger partial charge in [0.1, 0.15) is 0 Å². The van der Waals surface area contributed by atoms with Crippen molar-refractivity contribution in [3.63, 3.8) is 0 Å². The van der Waals surface area contributed by atoms with Crippen LogP contribution in [0.25, 0.3) is 0 Å². The summed E-state index contributed by atoms with van der Waals surface area (Å²) >= 11 is 0. The van der Waals surface area contributed by atoms with Gasteiger partial charge in [-0.25, -0.2) is 4.79 Å². The van der Waals surface area contributed by atoms with E-state index < -0.39 is 16.5 Å². The third kappa shape index (κ3) is 3.70. The number of non-ortho nitro benzene ring substituents is 1. The number of aliphatic hydroxyl groups is 1. The number of carboxylic acids is 1. The van der Waals surface area contributed by atoms with Crippen molar-refractivity contribution in [3.8, 4) is 0 Å². The molecule has 0 unspecified atom stereocenters. The summed E-state index contributed by atoms with van der Waals surface area (Å²) in [4.78, 5) is 21.0. The summed E-state index contributed by atoms with van der Waals surface area (Å²) in [7, 11) is 0. The number of nitro groups is 1. The van der Waals surface area contributed by atoms with Crippen molar-refractivity contribution < 1.29 is 19.9 Å². The molecule has 0 aliphatic rings. The van der Waals surface area contributed by atoms with Crippen LogP contribution in [-0.2, 0) is 0 Å². The molecule has 0 amide bonds. The van der Waals surface area contributed by atoms with Crippen LogP contribution in [0.2, 0.25) is 0 Å². The van der Waals surface area contributed by atoms with Gasteiger partial charge in [0.05, 0.1) is 21.8 Å². The second-order valence-corrected chi connectivity index (χ2v) is 4.46. The Morgan fingerprint density at radius 2 is 2.11 bits per heavy atom. The van der Waals surface area contributed by atoms with Crippen molar-refractivity contribution in [2.75, 3.05) is 11.9 Å². The number of rotatable bonds is 5. The number of hydrogen-bond donors (Lipinski definition) is 3. The molecule has 0 saturated carbocycles. The zero-order chi connectivity index (χ0) is 13.9. The number of nitrogens with one attached hydrogen (secondary N) is 1. The van der Waals surface area contributed by atoms with Crippen molar-refractivity contribution in [3.05, 3.63) is 33.9 Å². The third-order valence-electron chi connectivity index (χ3n) is 2.16. The molecule has 0 aliphatic heterocycles. The third-order valence-corrected chi connectivity index (χ3v) is 2.16. The summed E-state index contributed by atoms with van der Waals surface area (Å²) in [6.07, 6.45) is 0. The van der Waals surface area contributed by atoms with E-state index in [9.17, 15) is 20.0 Å². The van der Waals surface area contributed by atoms with E-state index in [0.29, 0.717) is 0 Å². The molecule has 98 valence electrons.